The number of nitrogens with zero attached hydrogens (tertiary/aromatic N) is 1. The van der Waals surface area contributed by atoms with Gasteiger partial charge in [0.25, 0.3) is 0 Å². The van der Waals surface area contributed by atoms with Gasteiger partial charge in [0.1, 0.15) is 0 Å². The van der Waals surface area contributed by atoms with Crippen LogP contribution >= 0.6 is 0 Å². The van der Waals surface area contributed by atoms with E-state index in [2.05, 4.69) is 0 Å². The average Bonchev–Trinajstić information content (AvgIpc) is 2.21. The van der Waals surface area contributed by atoms with Crippen molar-refractivity contribution in [1.29, 1.82) is 5.26 Å². The Morgan fingerprint density at radius 1 is 1.31 bits per heavy atom. The first-order valence-corrected chi connectivity index (χ1v) is 6.99. The fraction of sp³-hybridized carbons (Fsp3) is 0.417. The Morgan fingerprint density at radius 3 is 2.62 bits per heavy atom. The Hall–Kier alpha value is -1.34. The molecular formula is C12H15NO2S. The van der Waals surface area contributed by atoms with Crippen LogP contribution in [0.3, 0.4) is 0 Å². The molecule has 0 amide bonds. The van der Waals surface area contributed by atoms with Crippen molar-refractivity contribution in [1.82, 2.24) is 0 Å². The van der Waals surface area contributed by atoms with E-state index in [0.717, 1.165) is 11.1 Å². The summed E-state index contributed by atoms with van der Waals surface area (Å²) in [6.07, 6.45) is 0.720. The average molecular weight is 237 g/mol. The number of nitriles is 1. The summed E-state index contributed by atoms with van der Waals surface area (Å²) in [6.45, 7) is 1.90. The SMILES string of the molecule is Cc1ccccc1CS(=O)(=O)CCCC#N. The van der Waals surface area contributed by atoms with E-state index < -0.39 is 9.84 Å². The molecule has 0 aliphatic rings. The highest BCUT2D eigenvalue weighted by atomic mass is 32.2. The molecule has 0 atom stereocenters. The van der Waals surface area contributed by atoms with Crippen LogP contribution in [0, 0.1) is 18.3 Å². The second-order valence-electron chi connectivity index (χ2n) is 3.78. The van der Waals surface area contributed by atoms with Gasteiger partial charge in [-0.25, -0.2) is 8.42 Å². The molecule has 16 heavy (non-hydrogen) atoms. The zero-order chi connectivity index (χ0) is 12.0. The standard InChI is InChI=1S/C12H15NO2S/c1-11-6-2-3-7-12(11)10-16(14,15)9-5-4-8-13/h2-3,6-7H,4-5,9-10H2,1H3. The van der Waals surface area contributed by atoms with Gasteiger partial charge in [-0.05, 0) is 24.5 Å². The van der Waals surface area contributed by atoms with Crippen LogP contribution in [0.25, 0.3) is 0 Å². The molecule has 0 bridgehead atoms. The van der Waals surface area contributed by atoms with E-state index in [1.165, 1.54) is 0 Å². The lowest BCUT2D eigenvalue weighted by Crippen LogP contribution is -2.10. The number of hydrogen-bond acceptors (Lipinski definition) is 3. The molecule has 0 saturated heterocycles. The van der Waals surface area contributed by atoms with Gasteiger partial charge in [0, 0.05) is 6.42 Å². The monoisotopic (exact) mass is 237 g/mol. The molecule has 0 radical (unpaired) electrons. The molecule has 0 heterocycles. The summed E-state index contributed by atoms with van der Waals surface area (Å²) >= 11 is 0. The first-order chi connectivity index (χ1) is 7.55. The second kappa shape index (κ2) is 5.66. The first kappa shape index (κ1) is 12.7. The highest BCUT2D eigenvalue weighted by Gasteiger charge is 2.12. The molecule has 4 heteroatoms. The van der Waals surface area contributed by atoms with E-state index in [1.54, 1.807) is 0 Å². The fourth-order valence-corrected chi connectivity index (χ4v) is 2.98. The van der Waals surface area contributed by atoms with Crippen LogP contribution in [0.2, 0.25) is 0 Å². The molecular weight excluding hydrogens is 222 g/mol. The second-order valence-corrected chi connectivity index (χ2v) is 5.96. The van der Waals surface area contributed by atoms with Gasteiger partial charge in [-0.15, -0.1) is 0 Å². The molecule has 0 N–H and O–H groups in total. The minimum absolute atomic E-state index is 0.0745. The molecule has 1 aromatic rings. The van der Waals surface area contributed by atoms with Crippen LogP contribution < -0.4 is 0 Å². The van der Waals surface area contributed by atoms with Crippen molar-refractivity contribution in [2.45, 2.75) is 25.5 Å². The first-order valence-electron chi connectivity index (χ1n) is 5.17. The molecule has 0 spiro atoms. The number of hydrogen-bond donors (Lipinski definition) is 0. The van der Waals surface area contributed by atoms with Crippen LogP contribution in [-0.4, -0.2) is 14.2 Å². The molecule has 0 saturated carbocycles. The third-order valence-electron chi connectivity index (χ3n) is 2.38. The number of aryl methyl sites for hydroxylation is 1. The van der Waals surface area contributed by atoms with Gasteiger partial charge in [-0.2, -0.15) is 5.26 Å². The predicted molar refractivity (Wildman–Crippen MR) is 63.5 cm³/mol. The van der Waals surface area contributed by atoms with Crippen molar-refractivity contribution < 1.29 is 8.42 Å². The molecule has 0 fully saturated rings. The summed E-state index contributed by atoms with van der Waals surface area (Å²) in [7, 11) is -3.08. The summed E-state index contributed by atoms with van der Waals surface area (Å²) < 4.78 is 23.4. The Kier molecular flexibility index (Phi) is 4.51. The summed E-state index contributed by atoms with van der Waals surface area (Å²) in [6, 6.07) is 9.41. The maximum Gasteiger partial charge on any atom is 0.154 e. The Labute approximate surface area is 96.6 Å². The molecule has 1 aromatic carbocycles. The largest absolute Gasteiger partial charge is 0.228 e. The summed E-state index contributed by atoms with van der Waals surface area (Å²) in [5.41, 5.74) is 1.84. The van der Waals surface area contributed by atoms with Crippen LogP contribution in [-0.2, 0) is 15.6 Å². The number of sulfone groups is 1. The van der Waals surface area contributed by atoms with Crippen molar-refractivity contribution in [3.63, 3.8) is 0 Å². The van der Waals surface area contributed by atoms with E-state index in [0.29, 0.717) is 12.8 Å². The van der Waals surface area contributed by atoms with Crippen molar-refractivity contribution in [3.05, 3.63) is 35.4 Å². The van der Waals surface area contributed by atoms with Crippen LogP contribution in [0.5, 0.6) is 0 Å². The summed E-state index contributed by atoms with van der Waals surface area (Å²) in [5.74, 6) is 0.167. The van der Waals surface area contributed by atoms with E-state index in [9.17, 15) is 8.42 Å². The predicted octanol–water partition coefficient (Wildman–Crippen LogP) is 2.21. The van der Waals surface area contributed by atoms with Gasteiger partial charge in [-0.1, -0.05) is 24.3 Å². The highest BCUT2D eigenvalue weighted by molar-refractivity contribution is 7.90. The van der Waals surface area contributed by atoms with E-state index in [1.807, 2.05) is 37.3 Å². The quantitative estimate of drug-likeness (QED) is 0.738. The Morgan fingerprint density at radius 2 is 2.00 bits per heavy atom. The van der Waals surface area contributed by atoms with Crippen molar-refractivity contribution in [2.24, 2.45) is 0 Å². The topological polar surface area (TPSA) is 57.9 Å². The zero-order valence-corrected chi connectivity index (χ0v) is 10.1. The van der Waals surface area contributed by atoms with Crippen LogP contribution in [0.1, 0.15) is 24.0 Å². The van der Waals surface area contributed by atoms with Gasteiger partial charge < -0.3 is 0 Å². The van der Waals surface area contributed by atoms with Crippen LogP contribution in [0.15, 0.2) is 24.3 Å². The molecule has 0 unspecified atom stereocenters. The minimum Gasteiger partial charge on any atom is -0.228 e. The third-order valence-corrected chi connectivity index (χ3v) is 4.04. The lowest BCUT2D eigenvalue weighted by Gasteiger charge is -2.06. The zero-order valence-electron chi connectivity index (χ0n) is 9.31. The summed E-state index contributed by atoms with van der Waals surface area (Å²) in [4.78, 5) is 0. The smallest absolute Gasteiger partial charge is 0.154 e. The highest BCUT2D eigenvalue weighted by Crippen LogP contribution is 2.12. The Balaban J connectivity index is 2.67. The Bertz CT molecular complexity index is 486. The molecule has 0 aromatic heterocycles. The minimum atomic E-state index is -3.08. The van der Waals surface area contributed by atoms with Crippen molar-refractivity contribution >= 4 is 9.84 Å². The maximum atomic E-state index is 11.7. The van der Waals surface area contributed by atoms with E-state index in [-0.39, 0.29) is 11.5 Å². The molecule has 0 aliphatic heterocycles. The van der Waals surface area contributed by atoms with Gasteiger partial charge in [0.05, 0.1) is 17.6 Å². The van der Waals surface area contributed by atoms with E-state index >= 15 is 0 Å². The van der Waals surface area contributed by atoms with Crippen molar-refractivity contribution in [2.75, 3.05) is 5.75 Å². The summed E-state index contributed by atoms with van der Waals surface area (Å²) in [5, 5.41) is 8.35. The number of unbranched alkanes of at least 4 members (excludes halogenated alkanes) is 1. The van der Waals surface area contributed by atoms with Gasteiger partial charge in [0.15, 0.2) is 9.84 Å². The van der Waals surface area contributed by atoms with E-state index in [4.69, 9.17) is 5.26 Å². The lowest BCUT2D eigenvalue weighted by molar-refractivity contribution is 0.593. The number of rotatable bonds is 5. The molecule has 1 rings (SSSR count). The third kappa shape index (κ3) is 4.03. The fourth-order valence-electron chi connectivity index (χ4n) is 1.45. The van der Waals surface area contributed by atoms with Gasteiger partial charge >= 0.3 is 0 Å². The van der Waals surface area contributed by atoms with Crippen molar-refractivity contribution in [3.8, 4) is 6.07 Å². The molecule has 86 valence electrons. The van der Waals surface area contributed by atoms with Crippen LogP contribution in [0.4, 0.5) is 0 Å². The maximum absolute atomic E-state index is 11.7. The lowest BCUT2D eigenvalue weighted by atomic mass is 10.1. The number of benzene rings is 1. The van der Waals surface area contributed by atoms with Gasteiger partial charge in [-0.3, -0.25) is 0 Å². The van der Waals surface area contributed by atoms with Gasteiger partial charge in [0.2, 0.25) is 0 Å². The molecule has 0 aliphatic carbocycles. The normalized spacial score (nSPS) is 11.0. The molecule has 3 nitrogen and oxygen atoms in total.